The van der Waals surface area contributed by atoms with Gasteiger partial charge in [-0.1, -0.05) is 24.3 Å². The van der Waals surface area contributed by atoms with Gasteiger partial charge in [0.05, 0.1) is 12.1 Å². The third-order valence-electron chi connectivity index (χ3n) is 3.55. The Morgan fingerprint density at radius 2 is 1.78 bits per heavy atom. The minimum atomic E-state index is -0.352. The molecule has 5 nitrogen and oxygen atoms in total. The van der Waals surface area contributed by atoms with Gasteiger partial charge in [0, 0.05) is 12.6 Å². The topological polar surface area (TPSA) is 69.6 Å². The van der Waals surface area contributed by atoms with Gasteiger partial charge in [-0.3, -0.25) is 9.59 Å². The summed E-state index contributed by atoms with van der Waals surface area (Å²) >= 11 is 0. The van der Waals surface area contributed by atoms with Crippen LogP contribution < -0.4 is 5.32 Å². The molecule has 2 rings (SSSR count). The van der Waals surface area contributed by atoms with E-state index in [4.69, 9.17) is 0 Å². The predicted molar refractivity (Wildman–Crippen MR) is 90.5 cm³/mol. The monoisotopic (exact) mass is 314 g/mol. The van der Waals surface area contributed by atoms with Gasteiger partial charge in [-0.05, 0) is 43.7 Å². The lowest BCUT2D eigenvalue weighted by Crippen LogP contribution is -2.42. The maximum atomic E-state index is 12.6. The van der Waals surface area contributed by atoms with E-state index in [1.807, 2.05) is 38.1 Å². The van der Waals surface area contributed by atoms with Crippen LogP contribution in [0.15, 0.2) is 36.4 Å². The Labute approximate surface area is 135 Å². The Kier molecular flexibility index (Phi) is 5.21. The summed E-state index contributed by atoms with van der Waals surface area (Å²) in [6, 6.07) is 10.8. The zero-order valence-corrected chi connectivity index (χ0v) is 13.7. The van der Waals surface area contributed by atoms with Crippen LogP contribution in [-0.4, -0.2) is 41.0 Å². The third-order valence-corrected chi connectivity index (χ3v) is 3.55. The number of phenolic OH excluding ortho intramolecular Hbond substituents is 1. The Balaban J connectivity index is 2.26. The molecule has 2 aromatic carbocycles. The van der Waals surface area contributed by atoms with Crippen molar-refractivity contribution in [1.29, 1.82) is 0 Å². The van der Waals surface area contributed by atoms with Crippen LogP contribution in [0.4, 0.5) is 0 Å². The number of benzene rings is 2. The first-order valence-corrected chi connectivity index (χ1v) is 7.72. The molecule has 0 aliphatic carbocycles. The zero-order valence-electron chi connectivity index (χ0n) is 13.7. The number of hydrogen-bond acceptors (Lipinski definition) is 3. The van der Waals surface area contributed by atoms with E-state index in [0.29, 0.717) is 6.54 Å². The van der Waals surface area contributed by atoms with Gasteiger partial charge in [0.2, 0.25) is 5.91 Å². The van der Waals surface area contributed by atoms with Crippen molar-refractivity contribution < 1.29 is 14.7 Å². The van der Waals surface area contributed by atoms with Crippen molar-refractivity contribution in [3.8, 4) is 5.75 Å². The number of amides is 2. The van der Waals surface area contributed by atoms with E-state index in [0.717, 1.165) is 10.8 Å². The second-order valence-electron chi connectivity index (χ2n) is 5.76. The fraction of sp³-hybridized carbons (Fsp3) is 0.333. The lowest BCUT2D eigenvalue weighted by Gasteiger charge is -2.22. The summed E-state index contributed by atoms with van der Waals surface area (Å²) in [5.74, 6) is -0.637. The van der Waals surface area contributed by atoms with Gasteiger partial charge in [0.15, 0.2) is 0 Å². The van der Waals surface area contributed by atoms with E-state index >= 15 is 0 Å². The number of carbonyl (C=O) groups excluding carboxylic acids is 2. The Morgan fingerprint density at radius 3 is 2.35 bits per heavy atom. The molecule has 0 bridgehead atoms. The van der Waals surface area contributed by atoms with Gasteiger partial charge in [-0.25, -0.2) is 0 Å². The number of likely N-dealkylation sites (N-methyl/N-ethyl adjacent to an activating group) is 1. The fourth-order valence-electron chi connectivity index (χ4n) is 2.44. The molecule has 0 atom stereocenters. The normalized spacial score (nSPS) is 10.8. The molecule has 2 aromatic rings. The summed E-state index contributed by atoms with van der Waals surface area (Å²) in [6.07, 6.45) is 0. The van der Waals surface area contributed by atoms with Crippen molar-refractivity contribution in [2.24, 2.45) is 0 Å². The fourth-order valence-corrected chi connectivity index (χ4v) is 2.44. The van der Waals surface area contributed by atoms with Crippen molar-refractivity contribution in [2.45, 2.75) is 26.8 Å². The van der Waals surface area contributed by atoms with Crippen LogP contribution in [0.5, 0.6) is 5.75 Å². The average Bonchev–Trinajstić information content (AvgIpc) is 2.50. The molecular weight excluding hydrogens is 292 g/mol. The molecule has 0 radical (unpaired) electrons. The molecule has 122 valence electrons. The molecule has 0 aromatic heterocycles. The van der Waals surface area contributed by atoms with E-state index in [1.165, 1.54) is 4.90 Å². The molecule has 0 spiro atoms. The molecule has 0 aliphatic rings. The summed E-state index contributed by atoms with van der Waals surface area (Å²) in [5.41, 5.74) is 0.211. The quantitative estimate of drug-likeness (QED) is 0.891. The van der Waals surface area contributed by atoms with E-state index in [9.17, 15) is 14.7 Å². The number of carbonyl (C=O) groups is 2. The van der Waals surface area contributed by atoms with Gasteiger partial charge in [0.25, 0.3) is 5.91 Å². The number of nitrogens with one attached hydrogen (secondary N) is 1. The van der Waals surface area contributed by atoms with E-state index in [2.05, 4.69) is 5.32 Å². The molecule has 0 saturated carbocycles. The third kappa shape index (κ3) is 4.00. The van der Waals surface area contributed by atoms with Crippen molar-refractivity contribution in [1.82, 2.24) is 10.2 Å². The maximum absolute atomic E-state index is 12.6. The van der Waals surface area contributed by atoms with Crippen molar-refractivity contribution in [2.75, 3.05) is 13.1 Å². The number of rotatable bonds is 5. The highest BCUT2D eigenvalue weighted by molar-refractivity contribution is 6.02. The number of hydrogen-bond donors (Lipinski definition) is 2. The summed E-state index contributed by atoms with van der Waals surface area (Å²) in [5, 5.41) is 14.7. The van der Waals surface area contributed by atoms with E-state index in [-0.39, 0.29) is 35.7 Å². The molecule has 0 saturated heterocycles. The minimum Gasteiger partial charge on any atom is -0.507 e. The first kappa shape index (κ1) is 16.8. The van der Waals surface area contributed by atoms with Crippen LogP contribution >= 0.6 is 0 Å². The SMILES string of the molecule is CCN(CC(=O)NC(C)C)C(=O)c1cc2ccccc2cc1O. The smallest absolute Gasteiger partial charge is 0.258 e. The molecular formula is C18H22N2O3. The second-order valence-corrected chi connectivity index (χ2v) is 5.76. The zero-order chi connectivity index (χ0) is 17.0. The standard InChI is InChI=1S/C18H22N2O3/c1-4-20(11-17(22)19-12(2)3)18(23)15-9-13-7-5-6-8-14(13)10-16(15)21/h5-10,12,21H,4,11H2,1-3H3,(H,19,22). The van der Waals surface area contributed by atoms with Gasteiger partial charge in [-0.2, -0.15) is 0 Å². The molecule has 0 unspecified atom stereocenters. The lowest BCUT2D eigenvalue weighted by atomic mass is 10.0. The van der Waals surface area contributed by atoms with E-state index < -0.39 is 0 Å². The van der Waals surface area contributed by atoms with Crippen molar-refractivity contribution in [3.63, 3.8) is 0 Å². The molecule has 2 N–H and O–H groups in total. The van der Waals surface area contributed by atoms with Crippen LogP contribution in [-0.2, 0) is 4.79 Å². The Morgan fingerprint density at radius 1 is 1.17 bits per heavy atom. The minimum absolute atomic E-state index is 0.0189. The van der Waals surface area contributed by atoms with Gasteiger partial charge in [-0.15, -0.1) is 0 Å². The summed E-state index contributed by atoms with van der Waals surface area (Å²) < 4.78 is 0. The van der Waals surface area contributed by atoms with Crippen molar-refractivity contribution >= 4 is 22.6 Å². The predicted octanol–water partition coefficient (Wildman–Crippen LogP) is 2.53. The molecule has 0 heterocycles. The molecule has 0 aliphatic heterocycles. The Hall–Kier alpha value is -2.56. The van der Waals surface area contributed by atoms with Crippen LogP contribution in [0, 0.1) is 0 Å². The highest BCUT2D eigenvalue weighted by Crippen LogP contribution is 2.26. The van der Waals surface area contributed by atoms with Crippen molar-refractivity contribution in [3.05, 3.63) is 42.0 Å². The van der Waals surface area contributed by atoms with Crippen LogP contribution in [0.25, 0.3) is 10.8 Å². The Bertz CT molecular complexity index is 725. The van der Waals surface area contributed by atoms with Crippen LogP contribution in [0.3, 0.4) is 0 Å². The largest absolute Gasteiger partial charge is 0.507 e. The lowest BCUT2D eigenvalue weighted by molar-refractivity contribution is -0.122. The van der Waals surface area contributed by atoms with Gasteiger partial charge in [0.1, 0.15) is 5.75 Å². The average molecular weight is 314 g/mol. The van der Waals surface area contributed by atoms with Gasteiger partial charge < -0.3 is 15.3 Å². The van der Waals surface area contributed by atoms with E-state index in [1.54, 1.807) is 19.1 Å². The highest BCUT2D eigenvalue weighted by Gasteiger charge is 2.21. The number of aromatic hydroxyl groups is 1. The molecule has 23 heavy (non-hydrogen) atoms. The number of nitrogens with zero attached hydrogens (tertiary/aromatic N) is 1. The molecule has 5 heteroatoms. The van der Waals surface area contributed by atoms with Crippen LogP contribution in [0.2, 0.25) is 0 Å². The first-order chi connectivity index (χ1) is 10.9. The first-order valence-electron chi connectivity index (χ1n) is 7.72. The molecule has 2 amide bonds. The van der Waals surface area contributed by atoms with Gasteiger partial charge >= 0.3 is 0 Å². The summed E-state index contributed by atoms with van der Waals surface area (Å²) in [4.78, 5) is 26.0. The maximum Gasteiger partial charge on any atom is 0.258 e. The highest BCUT2D eigenvalue weighted by atomic mass is 16.3. The number of fused-ring (bicyclic) bond motifs is 1. The number of phenols is 1. The molecule has 0 fully saturated rings. The summed E-state index contributed by atoms with van der Waals surface area (Å²) in [6.45, 7) is 5.89. The second kappa shape index (κ2) is 7.13. The van der Waals surface area contributed by atoms with Crippen LogP contribution in [0.1, 0.15) is 31.1 Å². The summed E-state index contributed by atoms with van der Waals surface area (Å²) in [7, 11) is 0.